The molecule has 1 N–H and O–H groups in total. The number of aromatic nitrogens is 2. The van der Waals surface area contributed by atoms with Gasteiger partial charge in [-0.15, -0.1) is 0 Å². The number of fused-ring (bicyclic) bond motifs is 1. The fourth-order valence-corrected chi connectivity index (χ4v) is 3.43. The van der Waals surface area contributed by atoms with E-state index < -0.39 is 0 Å². The lowest BCUT2D eigenvalue weighted by molar-refractivity contribution is -0.130. The van der Waals surface area contributed by atoms with Crippen molar-refractivity contribution in [1.29, 1.82) is 0 Å². The number of carbonyl (C=O) groups is 1. The molecule has 0 saturated carbocycles. The molecule has 1 aromatic heterocycles. The number of amides is 1. The highest BCUT2D eigenvalue weighted by Crippen LogP contribution is 2.37. The number of carbonyl (C=O) groups excluding carboxylic acids is 1. The predicted molar refractivity (Wildman–Crippen MR) is 105 cm³/mol. The second-order valence-corrected chi connectivity index (χ2v) is 7.04. The number of imidazole rings is 1. The minimum Gasteiger partial charge on any atom is -0.454 e. The van der Waals surface area contributed by atoms with E-state index in [1.54, 1.807) is 11.1 Å². The van der Waals surface area contributed by atoms with Crippen LogP contribution in [0, 0.1) is 6.92 Å². The van der Waals surface area contributed by atoms with Gasteiger partial charge in [0.1, 0.15) is 5.82 Å². The van der Waals surface area contributed by atoms with Gasteiger partial charge >= 0.3 is 0 Å². The van der Waals surface area contributed by atoms with Gasteiger partial charge in [0.25, 0.3) is 0 Å². The summed E-state index contributed by atoms with van der Waals surface area (Å²) in [6, 6.07) is 16.0. The molecule has 28 heavy (non-hydrogen) atoms. The third-order valence-corrected chi connectivity index (χ3v) is 4.95. The Labute approximate surface area is 164 Å². The van der Waals surface area contributed by atoms with Crippen LogP contribution in [-0.2, 0) is 11.3 Å². The summed E-state index contributed by atoms with van der Waals surface area (Å²) in [5.74, 6) is 2.25. The molecule has 2 aromatic carbocycles. The van der Waals surface area contributed by atoms with Crippen LogP contribution >= 0.6 is 0 Å². The molecule has 6 heteroatoms. The summed E-state index contributed by atoms with van der Waals surface area (Å²) in [5, 5.41) is 0. The minimum absolute atomic E-state index is 0.0561. The predicted octanol–water partition coefficient (Wildman–Crippen LogP) is 3.63. The normalized spacial score (nSPS) is 13.4. The second kappa shape index (κ2) is 7.76. The molecule has 4 rings (SSSR count). The lowest BCUT2D eigenvalue weighted by Gasteiger charge is -2.22. The largest absolute Gasteiger partial charge is 0.454 e. The Morgan fingerprint density at radius 2 is 1.93 bits per heavy atom. The summed E-state index contributed by atoms with van der Waals surface area (Å²) in [6.45, 7) is 2.64. The number of aryl methyl sites for hydroxylation is 1. The molecule has 0 fully saturated rings. The van der Waals surface area contributed by atoms with Crippen molar-refractivity contribution in [2.24, 2.45) is 0 Å². The van der Waals surface area contributed by atoms with Crippen LogP contribution in [-0.4, -0.2) is 34.6 Å². The van der Waals surface area contributed by atoms with Gasteiger partial charge in [0.15, 0.2) is 11.5 Å². The van der Waals surface area contributed by atoms with Crippen molar-refractivity contribution in [2.45, 2.75) is 25.8 Å². The molecule has 0 saturated heterocycles. The molecular weight excluding hydrogens is 354 g/mol. The van der Waals surface area contributed by atoms with Gasteiger partial charge in [-0.1, -0.05) is 36.4 Å². The van der Waals surface area contributed by atoms with E-state index >= 15 is 0 Å². The summed E-state index contributed by atoms with van der Waals surface area (Å²) in [7, 11) is 1.81. The van der Waals surface area contributed by atoms with E-state index in [1.807, 2.05) is 50.4 Å². The summed E-state index contributed by atoms with van der Waals surface area (Å²) in [5.41, 5.74) is 3.11. The number of aromatic amines is 1. The minimum atomic E-state index is -0.0658. The Balaban J connectivity index is 1.56. The topological polar surface area (TPSA) is 67.5 Å². The lowest BCUT2D eigenvalue weighted by atomic mass is 9.88. The monoisotopic (exact) mass is 377 g/mol. The van der Waals surface area contributed by atoms with Gasteiger partial charge in [-0.2, -0.15) is 0 Å². The zero-order valence-electron chi connectivity index (χ0n) is 16.0. The highest BCUT2D eigenvalue weighted by Gasteiger charge is 2.23. The average molecular weight is 377 g/mol. The Hall–Kier alpha value is -3.28. The number of benzene rings is 2. The van der Waals surface area contributed by atoms with Crippen molar-refractivity contribution in [2.75, 3.05) is 13.8 Å². The van der Waals surface area contributed by atoms with Crippen LogP contribution in [0.1, 0.15) is 35.0 Å². The van der Waals surface area contributed by atoms with Crippen LogP contribution in [0.4, 0.5) is 0 Å². The van der Waals surface area contributed by atoms with E-state index in [9.17, 15) is 4.79 Å². The maximum atomic E-state index is 13.0. The van der Waals surface area contributed by atoms with E-state index in [4.69, 9.17) is 9.47 Å². The standard InChI is InChI=1S/C22H23N3O3/c1-15-12-23-21(24-15)13-25(2)22(26)11-18(16-6-4-3-5-7-16)17-8-9-19-20(10-17)28-14-27-19/h3-10,12,18H,11,13-14H2,1-2H3,(H,23,24). The first-order valence-electron chi connectivity index (χ1n) is 9.29. The number of hydrogen-bond donors (Lipinski definition) is 1. The molecule has 2 heterocycles. The lowest BCUT2D eigenvalue weighted by Crippen LogP contribution is -2.28. The van der Waals surface area contributed by atoms with Crippen LogP contribution in [0.2, 0.25) is 0 Å². The molecule has 1 atom stereocenters. The van der Waals surface area contributed by atoms with Crippen LogP contribution in [0.25, 0.3) is 0 Å². The van der Waals surface area contributed by atoms with Gasteiger partial charge < -0.3 is 19.4 Å². The van der Waals surface area contributed by atoms with E-state index in [-0.39, 0.29) is 18.6 Å². The first kappa shape index (κ1) is 18.1. The number of H-pyrrole nitrogens is 1. The van der Waals surface area contributed by atoms with E-state index in [0.29, 0.717) is 13.0 Å². The van der Waals surface area contributed by atoms with E-state index in [2.05, 4.69) is 22.1 Å². The number of nitrogens with zero attached hydrogens (tertiary/aromatic N) is 2. The molecule has 1 amide bonds. The third kappa shape index (κ3) is 3.86. The highest BCUT2D eigenvalue weighted by molar-refractivity contribution is 5.77. The van der Waals surface area contributed by atoms with Gasteiger partial charge in [-0.05, 0) is 30.2 Å². The zero-order valence-corrected chi connectivity index (χ0v) is 16.0. The van der Waals surface area contributed by atoms with E-state index in [0.717, 1.165) is 34.1 Å². The zero-order chi connectivity index (χ0) is 19.5. The van der Waals surface area contributed by atoms with Gasteiger partial charge in [0.2, 0.25) is 12.7 Å². The summed E-state index contributed by atoms with van der Waals surface area (Å²) in [6.07, 6.45) is 2.13. The summed E-state index contributed by atoms with van der Waals surface area (Å²) >= 11 is 0. The molecule has 1 aliphatic heterocycles. The molecule has 6 nitrogen and oxygen atoms in total. The SMILES string of the molecule is Cc1cnc(CN(C)C(=O)CC(c2ccccc2)c2ccc3c(c2)OCO3)[nH]1. The number of nitrogens with one attached hydrogen (secondary N) is 1. The van der Waals surface area contributed by atoms with Gasteiger partial charge in [0, 0.05) is 31.3 Å². The fourth-order valence-electron chi connectivity index (χ4n) is 3.43. The maximum absolute atomic E-state index is 13.0. The highest BCUT2D eigenvalue weighted by atomic mass is 16.7. The number of rotatable bonds is 6. The Bertz CT molecular complexity index is 968. The molecule has 0 radical (unpaired) electrons. The van der Waals surface area contributed by atoms with Gasteiger partial charge in [-0.3, -0.25) is 4.79 Å². The molecular formula is C22H23N3O3. The van der Waals surface area contributed by atoms with Crippen molar-refractivity contribution in [3.05, 3.63) is 77.4 Å². The molecule has 3 aromatic rings. The fraction of sp³-hybridized carbons (Fsp3) is 0.273. The first-order valence-corrected chi connectivity index (χ1v) is 9.29. The second-order valence-electron chi connectivity index (χ2n) is 7.04. The van der Waals surface area contributed by atoms with Crippen molar-refractivity contribution in [3.8, 4) is 11.5 Å². The maximum Gasteiger partial charge on any atom is 0.231 e. The van der Waals surface area contributed by atoms with Gasteiger partial charge in [-0.25, -0.2) is 4.98 Å². The molecule has 1 unspecified atom stereocenters. The molecule has 144 valence electrons. The Morgan fingerprint density at radius 3 is 2.68 bits per heavy atom. The first-order chi connectivity index (χ1) is 13.6. The molecule has 1 aliphatic rings. The summed E-state index contributed by atoms with van der Waals surface area (Å²) in [4.78, 5) is 22.1. The molecule has 0 bridgehead atoms. The van der Waals surface area contributed by atoms with Crippen LogP contribution in [0.15, 0.2) is 54.7 Å². The summed E-state index contributed by atoms with van der Waals surface area (Å²) < 4.78 is 10.9. The number of hydrogen-bond acceptors (Lipinski definition) is 4. The van der Waals surface area contributed by atoms with Crippen LogP contribution in [0.3, 0.4) is 0 Å². The van der Waals surface area contributed by atoms with Crippen LogP contribution < -0.4 is 9.47 Å². The Kier molecular flexibility index (Phi) is 5.02. The van der Waals surface area contributed by atoms with Gasteiger partial charge in [0.05, 0.1) is 6.54 Å². The van der Waals surface area contributed by atoms with Crippen LogP contribution in [0.5, 0.6) is 11.5 Å². The van der Waals surface area contributed by atoms with Crippen molar-refractivity contribution >= 4 is 5.91 Å². The third-order valence-electron chi connectivity index (χ3n) is 4.95. The Morgan fingerprint density at radius 1 is 1.14 bits per heavy atom. The smallest absolute Gasteiger partial charge is 0.231 e. The van der Waals surface area contributed by atoms with Crippen molar-refractivity contribution < 1.29 is 14.3 Å². The van der Waals surface area contributed by atoms with Crippen molar-refractivity contribution in [3.63, 3.8) is 0 Å². The average Bonchev–Trinajstić information content (AvgIpc) is 3.34. The van der Waals surface area contributed by atoms with Crippen molar-refractivity contribution in [1.82, 2.24) is 14.9 Å². The molecule has 0 aliphatic carbocycles. The molecule has 0 spiro atoms. The van der Waals surface area contributed by atoms with E-state index in [1.165, 1.54) is 0 Å². The quantitative estimate of drug-likeness (QED) is 0.712. The number of ether oxygens (including phenoxy) is 2.